The summed E-state index contributed by atoms with van der Waals surface area (Å²) in [5.41, 5.74) is -0.160. The minimum absolute atomic E-state index is 0.160. The molecule has 2 N–H and O–H groups in total. The van der Waals surface area contributed by atoms with Gasteiger partial charge in [-0.2, -0.15) is 0 Å². The summed E-state index contributed by atoms with van der Waals surface area (Å²) in [5, 5.41) is 13.1. The molecule has 0 amide bonds. The average molecular weight is 242 g/mol. The van der Waals surface area contributed by atoms with Crippen LogP contribution in [0.15, 0.2) is 0 Å². The quantitative estimate of drug-likeness (QED) is 0.746. The highest BCUT2D eigenvalue weighted by atomic mass is 16.3. The van der Waals surface area contributed by atoms with Gasteiger partial charge in [-0.3, -0.25) is 0 Å². The van der Waals surface area contributed by atoms with Crippen LogP contribution < -0.4 is 5.32 Å². The van der Waals surface area contributed by atoms with Crippen LogP contribution in [-0.4, -0.2) is 47.8 Å². The first-order chi connectivity index (χ1) is 7.99. The lowest BCUT2D eigenvalue weighted by atomic mass is 9.92. The number of rotatable bonds is 6. The fourth-order valence-corrected chi connectivity index (χ4v) is 2.88. The number of nitrogens with zero attached hydrogens (tertiary/aromatic N) is 1. The van der Waals surface area contributed by atoms with Crippen molar-refractivity contribution < 1.29 is 5.11 Å². The van der Waals surface area contributed by atoms with Gasteiger partial charge >= 0.3 is 0 Å². The maximum atomic E-state index is 9.57. The zero-order chi connectivity index (χ0) is 12.9. The molecule has 1 aliphatic rings. The van der Waals surface area contributed by atoms with Crippen molar-refractivity contribution in [3.8, 4) is 0 Å². The number of aliphatic hydroxyl groups is 1. The van der Waals surface area contributed by atoms with Gasteiger partial charge in [0.05, 0.1) is 12.1 Å². The third-order valence-corrected chi connectivity index (χ3v) is 3.84. The molecule has 3 heteroatoms. The van der Waals surface area contributed by atoms with Crippen LogP contribution in [0, 0.1) is 5.92 Å². The van der Waals surface area contributed by atoms with Crippen LogP contribution in [0.25, 0.3) is 0 Å². The second-order valence-electron chi connectivity index (χ2n) is 6.15. The van der Waals surface area contributed by atoms with Crippen LogP contribution in [0.2, 0.25) is 0 Å². The van der Waals surface area contributed by atoms with Crippen molar-refractivity contribution >= 4 is 0 Å². The predicted molar refractivity (Wildman–Crippen MR) is 73.2 cm³/mol. The molecule has 1 atom stereocenters. The average Bonchev–Trinajstić information content (AvgIpc) is 2.29. The molecule has 1 saturated heterocycles. The van der Waals surface area contributed by atoms with Crippen molar-refractivity contribution in [2.75, 3.05) is 26.2 Å². The topological polar surface area (TPSA) is 35.5 Å². The Bertz CT molecular complexity index is 212. The maximum absolute atomic E-state index is 9.57. The number of aliphatic hydroxyl groups excluding tert-OH is 1. The van der Waals surface area contributed by atoms with Crippen LogP contribution in [0.1, 0.15) is 47.0 Å². The van der Waals surface area contributed by atoms with E-state index in [2.05, 4.69) is 37.9 Å². The highest BCUT2D eigenvalue weighted by Crippen LogP contribution is 2.21. The van der Waals surface area contributed by atoms with Gasteiger partial charge in [0, 0.05) is 12.6 Å². The molecule has 1 fully saturated rings. The second kappa shape index (κ2) is 6.72. The van der Waals surface area contributed by atoms with E-state index in [1.165, 1.54) is 32.4 Å². The summed E-state index contributed by atoms with van der Waals surface area (Å²) in [6.45, 7) is 12.2. The van der Waals surface area contributed by atoms with E-state index in [0.717, 1.165) is 12.5 Å². The molecule has 0 aromatic heterocycles. The fourth-order valence-electron chi connectivity index (χ4n) is 2.88. The zero-order valence-corrected chi connectivity index (χ0v) is 12.0. The van der Waals surface area contributed by atoms with E-state index >= 15 is 0 Å². The molecule has 1 heterocycles. The van der Waals surface area contributed by atoms with Gasteiger partial charge in [0.25, 0.3) is 0 Å². The normalized spacial score (nSPS) is 22.9. The number of hydrogen-bond acceptors (Lipinski definition) is 3. The van der Waals surface area contributed by atoms with Crippen LogP contribution in [0.4, 0.5) is 0 Å². The van der Waals surface area contributed by atoms with Crippen molar-refractivity contribution in [2.45, 2.75) is 58.5 Å². The van der Waals surface area contributed by atoms with Gasteiger partial charge < -0.3 is 15.3 Å². The van der Waals surface area contributed by atoms with Gasteiger partial charge in [-0.15, -0.1) is 0 Å². The van der Waals surface area contributed by atoms with Crippen molar-refractivity contribution in [1.29, 1.82) is 0 Å². The molecule has 1 rings (SSSR count). The zero-order valence-electron chi connectivity index (χ0n) is 12.0. The minimum Gasteiger partial charge on any atom is -0.394 e. The van der Waals surface area contributed by atoms with E-state index in [1.807, 2.05) is 0 Å². The molecule has 0 bridgehead atoms. The highest BCUT2D eigenvalue weighted by Gasteiger charge is 2.28. The molecule has 0 aromatic carbocycles. The van der Waals surface area contributed by atoms with Gasteiger partial charge in [0.2, 0.25) is 0 Å². The summed E-state index contributed by atoms with van der Waals surface area (Å²) in [5.74, 6) is 0.921. The van der Waals surface area contributed by atoms with E-state index < -0.39 is 0 Å². The molecule has 3 nitrogen and oxygen atoms in total. The van der Waals surface area contributed by atoms with Gasteiger partial charge in [-0.25, -0.2) is 0 Å². The summed E-state index contributed by atoms with van der Waals surface area (Å²) in [4.78, 5) is 2.50. The van der Waals surface area contributed by atoms with E-state index in [1.54, 1.807) is 0 Å². The Labute approximate surface area is 107 Å². The third-order valence-electron chi connectivity index (χ3n) is 3.84. The molecule has 102 valence electrons. The van der Waals surface area contributed by atoms with Crippen molar-refractivity contribution in [3.63, 3.8) is 0 Å². The van der Waals surface area contributed by atoms with Crippen LogP contribution in [0.3, 0.4) is 0 Å². The molecular formula is C14H30N2O. The van der Waals surface area contributed by atoms with Crippen molar-refractivity contribution in [2.24, 2.45) is 5.92 Å². The van der Waals surface area contributed by atoms with Crippen LogP contribution >= 0.6 is 0 Å². The Hall–Kier alpha value is -0.120. The van der Waals surface area contributed by atoms with E-state index in [-0.39, 0.29) is 12.1 Å². The van der Waals surface area contributed by atoms with Gasteiger partial charge in [-0.1, -0.05) is 27.2 Å². The Balaban J connectivity index is 2.41. The summed E-state index contributed by atoms with van der Waals surface area (Å²) < 4.78 is 0. The van der Waals surface area contributed by atoms with Gasteiger partial charge in [0.15, 0.2) is 0 Å². The fraction of sp³-hybridized carbons (Fsp3) is 1.00. The summed E-state index contributed by atoms with van der Waals surface area (Å²) in [6.07, 6.45) is 3.95. The Kier molecular flexibility index (Phi) is 5.90. The lowest BCUT2D eigenvalue weighted by Crippen LogP contribution is -2.57. The lowest BCUT2D eigenvalue weighted by molar-refractivity contribution is 0.0906. The molecular weight excluding hydrogens is 212 g/mol. The smallest absolute Gasteiger partial charge is 0.0623 e. The predicted octanol–water partition coefficient (Wildman–Crippen LogP) is 1.86. The second-order valence-corrected chi connectivity index (χ2v) is 6.15. The highest BCUT2D eigenvalue weighted by molar-refractivity contribution is 4.88. The lowest BCUT2D eigenvalue weighted by Gasteiger charge is -2.39. The van der Waals surface area contributed by atoms with Crippen LogP contribution in [-0.2, 0) is 0 Å². The number of hydrogen-bond donors (Lipinski definition) is 2. The first-order valence-electron chi connectivity index (χ1n) is 7.10. The Morgan fingerprint density at radius 1 is 1.35 bits per heavy atom. The number of piperidine rings is 1. The first-order valence-corrected chi connectivity index (χ1v) is 7.10. The Morgan fingerprint density at radius 2 is 1.94 bits per heavy atom. The van der Waals surface area contributed by atoms with Gasteiger partial charge in [-0.05, 0) is 38.8 Å². The molecule has 1 aliphatic heterocycles. The van der Waals surface area contributed by atoms with E-state index in [0.29, 0.717) is 6.04 Å². The largest absolute Gasteiger partial charge is 0.394 e. The minimum atomic E-state index is -0.160. The first kappa shape index (κ1) is 14.9. The summed E-state index contributed by atoms with van der Waals surface area (Å²) >= 11 is 0. The summed E-state index contributed by atoms with van der Waals surface area (Å²) in [7, 11) is 0. The number of likely N-dealkylation sites (tertiary alicyclic amines) is 1. The van der Waals surface area contributed by atoms with Crippen molar-refractivity contribution in [1.82, 2.24) is 10.2 Å². The molecule has 0 aromatic rings. The Morgan fingerprint density at radius 3 is 2.35 bits per heavy atom. The third kappa shape index (κ3) is 4.94. The van der Waals surface area contributed by atoms with E-state index in [9.17, 15) is 5.11 Å². The number of nitrogens with one attached hydrogen (secondary N) is 1. The van der Waals surface area contributed by atoms with E-state index in [4.69, 9.17) is 0 Å². The molecule has 17 heavy (non-hydrogen) atoms. The SMILES string of the molecule is CCC1CCN(CC(C)(CO)NC(C)C)CC1. The van der Waals surface area contributed by atoms with Gasteiger partial charge in [0.1, 0.15) is 0 Å². The molecule has 0 aliphatic carbocycles. The standard InChI is InChI=1S/C14H30N2O/c1-5-13-6-8-16(9-7-13)10-14(4,11-17)15-12(2)3/h12-13,15,17H,5-11H2,1-4H3. The summed E-state index contributed by atoms with van der Waals surface area (Å²) in [6, 6.07) is 0.417. The van der Waals surface area contributed by atoms with Crippen molar-refractivity contribution in [3.05, 3.63) is 0 Å². The van der Waals surface area contributed by atoms with Crippen LogP contribution in [0.5, 0.6) is 0 Å². The molecule has 0 saturated carbocycles. The maximum Gasteiger partial charge on any atom is 0.0623 e. The molecule has 1 unspecified atom stereocenters. The monoisotopic (exact) mass is 242 g/mol. The molecule has 0 radical (unpaired) electrons. The molecule has 0 spiro atoms.